The first kappa shape index (κ1) is 17.9. The average molecular weight is 371 g/mol. The van der Waals surface area contributed by atoms with Crippen molar-refractivity contribution in [2.45, 2.75) is 20.8 Å². The molecular weight excluding hydrogens is 354 g/mol. The Hall–Kier alpha value is -2.93. The molecule has 0 fully saturated rings. The van der Waals surface area contributed by atoms with Crippen LogP contribution >= 0.6 is 11.3 Å². The van der Waals surface area contributed by atoms with Crippen molar-refractivity contribution in [2.75, 3.05) is 11.9 Å². The molecule has 6 nitrogen and oxygen atoms in total. The smallest absolute Gasteiger partial charge is 0.344 e. The predicted octanol–water partition coefficient (Wildman–Crippen LogP) is 3.90. The Kier molecular flexibility index (Phi) is 4.90. The van der Waals surface area contributed by atoms with Crippen LogP contribution in [0, 0.1) is 13.8 Å². The van der Waals surface area contributed by atoms with Crippen molar-refractivity contribution in [3.05, 3.63) is 62.5 Å². The first-order chi connectivity index (χ1) is 12.4. The molecule has 0 aliphatic carbocycles. The minimum absolute atomic E-state index is 0.118. The summed E-state index contributed by atoms with van der Waals surface area (Å²) in [5.74, 6) is -1.21. The summed E-state index contributed by atoms with van der Waals surface area (Å²) in [6.45, 7) is 5.60. The third kappa shape index (κ3) is 3.25. The summed E-state index contributed by atoms with van der Waals surface area (Å²) in [5.41, 5.74) is 0.493. The van der Waals surface area contributed by atoms with Crippen LogP contribution in [0.15, 0.2) is 39.5 Å². The third-order valence-electron chi connectivity index (χ3n) is 3.99. The number of carbonyl (C=O) groups is 2. The highest BCUT2D eigenvalue weighted by Gasteiger charge is 2.23. The molecule has 0 bridgehead atoms. The number of thiophene rings is 1. The average Bonchev–Trinajstić information content (AvgIpc) is 2.89. The molecule has 3 rings (SSSR count). The molecule has 1 aromatic carbocycles. The number of nitrogens with one attached hydrogen (secondary N) is 1. The highest BCUT2D eigenvalue weighted by atomic mass is 32.1. The Bertz CT molecular complexity index is 1060. The van der Waals surface area contributed by atoms with E-state index in [0.29, 0.717) is 21.3 Å². The van der Waals surface area contributed by atoms with E-state index in [1.165, 1.54) is 17.4 Å². The van der Waals surface area contributed by atoms with E-state index >= 15 is 0 Å². The van der Waals surface area contributed by atoms with Gasteiger partial charge in [0.2, 0.25) is 0 Å². The highest BCUT2D eigenvalue weighted by molar-refractivity contribution is 7.16. The monoisotopic (exact) mass is 371 g/mol. The summed E-state index contributed by atoms with van der Waals surface area (Å²) in [6, 6.07) is 8.36. The minimum Gasteiger partial charge on any atom is -0.462 e. The second-order valence-electron chi connectivity index (χ2n) is 5.65. The number of anilines is 1. The van der Waals surface area contributed by atoms with Gasteiger partial charge in [-0.1, -0.05) is 18.2 Å². The Morgan fingerprint density at radius 2 is 1.96 bits per heavy atom. The molecule has 2 aromatic heterocycles. The van der Waals surface area contributed by atoms with Crippen LogP contribution in [0.1, 0.15) is 38.3 Å². The maximum Gasteiger partial charge on any atom is 0.344 e. The second kappa shape index (κ2) is 7.13. The summed E-state index contributed by atoms with van der Waals surface area (Å²) in [6.07, 6.45) is 0. The van der Waals surface area contributed by atoms with Crippen molar-refractivity contribution >= 4 is 39.0 Å². The van der Waals surface area contributed by atoms with Gasteiger partial charge in [-0.2, -0.15) is 0 Å². The van der Waals surface area contributed by atoms with Crippen LogP contribution in [0.2, 0.25) is 0 Å². The van der Waals surface area contributed by atoms with Crippen LogP contribution in [0.5, 0.6) is 0 Å². The van der Waals surface area contributed by atoms with Gasteiger partial charge in [-0.3, -0.25) is 4.79 Å². The molecule has 2 heterocycles. The van der Waals surface area contributed by atoms with Gasteiger partial charge in [0, 0.05) is 4.88 Å². The normalized spacial score (nSPS) is 10.7. The van der Waals surface area contributed by atoms with Crippen molar-refractivity contribution in [3.8, 4) is 0 Å². The van der Waals surface area contributed by atoms with E-state index in [4.69, 9.17) is 9.15 Å². The first-order valence-electron chi connectivity index (χ1n) is 8.03. The summed E-state index contributed by atoms with van der Waals surface area (Å²) >= 11 is 1.27. The van der Waals surface area contributed by atoms with Crippen molar-refractivity contribution in [1.82, 2.24) is 0 Å². The Morgan fingerprint density at radius 3 is 2.69 bits per heavy atom. The van der Waals surface area contributed by atoms with Gasteiger partial charge in [-0.15, -0.1) is 11.3 Å². The molecule has 26 heavy (non-hydrogen) atoms. The van der Waals surface area contributed by atoms with E-state index in [0.717, 1.165) is 10.4 Å². The van der Waals surface area contributed by atoms with Gasteiger partial charge in [0.1, 0.15) is 5.00 Å². The standard InChI is InChI=1S/C19H17NO5S/c1-4-24-19(23)15-10(2)11(3)26-17(15)20-16(21)14-9-12-7-5-6-8-13(12)18(22)25-14/h5-9H,4H2,1-3H3,(H,20,21). The number of esters is 1. The van der Waals surface area contributed by atoms with Gasteiger partial charge in [0.05, 0.1) is 17.6 Å². The summed E-state index contributed by atoms with van der Waals surface area (Å²) < 4.78 is 10.2. The number of carbonyl (C=O) groups excluding carboxylic acids is 2. The molecule has 134 valence electrons. The number of ether oxygens (including phenoxy) is 1. The van der Waals surface area contributed by atoms with Crippen molar-refractivity contribution < 1.29 is 18.7 Å². The van der Waals surface area contributed by atoms with E-state index < -0.39 is 17.5 Å². The van der Waals surface area contributed by atoms with E-state index in [9.17, 15) is 14.4 Å². The second-order valence-corrected chi connectivity index (χ2v) is 6.87. The SMILES string of the molecule is CCOC(=O)c1c(NC(=O)c2cc3ccccc3c(=O)o2)sc(C)c1C. The Morgan fingerprint density at radius 1 is 1.23 bits per heavy atom. The van der Waals surface area contributed by atoms with Crippen LogP contribution in [0.25, 0.3) is 10.8 Å². The van der Waals surface area contributed by atoms with E-state index in [-0.39, 0.29) is 12.4 Å². The predicted molar refractivity (Wildman–Crippen MR) is 100 cm³/mol. The number of aryl methyl sites for hydroxylation is 1. The van der Waals surface area contributed by atoms with E-state index in [1.807, 2.05) is 6.92 Å². The molecule has 0 spiro atoms. The lowest BCUT2D eigenvalue weighted by Crippen LogP contribution is -2.16. The molecule has 7 heteroatoms. The quantitative estimate of drug-likeness (QED) is 0.703. The van der Waals surface area contributed by atoms with Crippen LogP contribution in [0.4, 0.5) is 5.00 Å². The highest BCUT2D eigenvalue weighted by Crippen LogP contribution is 2.33. The molecule has 0 aliphatic rings. The van der Waals surface area contributed by atoms with Crippen molar-refractivity contribution in [2.24, 2.45) is 0 Å². The van der Waals surface area contributed by atoms with Crippen LogP contribution in [-0.4, -0.2) is 18.5 Å². The van der Waals surface area contributed by atoms with Crippen molar-refractivity contribution in [3.63, 3.8) is 0 Å². The Labute approximate surface area is 153 Å². The zero-order valence-electron chi connectivity index (χ0n) is 14.5. The molecule has 1 amide bonds. The molecule has 1 N–H and O–H groups in total. The summed E-state index contributed by atoms with van der Waals surface area (Å²) in [4.78, 5) is 37.7. The van der Waals surface area contributed by atoms with Gasteiger partial charge >= 0.3 is 11.6 Å². The fourth-order valence-electron chi connectivity index (χ4n) is 2.57. The fourth-order valence-corrected chi connectivity index (χ4v) is 3.62. The Balaban J connectivity index is 1.97. The molecular formula is C19H17NO5S. The lowest BCUT2D eigenvalue weighted by molar-refractivity contribution is 0.0527. The molecule has 0 aliphatic heterocycles. The van der Waals surface area contributed by atoms with Gasteiger partial charge in [0.25, 0.3) is 5.91 Å². The lowest BCUT2D eigenvalue weighted by Gasteiger charge is -2.07. The van der Waals surface area contributed by atoms with Gasteiger partial charge in [0.15, 0.2) is 5.76 Å². The summed E-state index contributed by atoms with van der Waals surface area (Å²) in [7, 11) is 0. The zero-order valence-corrected chi connectivity index (χ0v) is 15.4. The lowest BCUT2D eigenvalue weighted by atomic mass is 10.1. The largest absolute Gasteiger partial charge is 0.462 e. The zero-order chi connectivity index (χ0) is 18.8. The number of fused-ring (bicyclic) bond motifs is 1. The van der Waals surface area contributed by atoms with E-state index in [1.54, 1.807) is 38.1 Å². The molecule has 0 unspecified atom stereocenters. The minimum atomic E-state index is -0.598. The molecule has 0 radical (unpaired) electrons. The molecule has 0 saturated heterocycles. The number of benzene rings is 1. The number of rotatable bonds is 4. The van der Waals surface area contributed by atoms with Gasteiger partial charge in [-0.25, -0.2) is 9.59 Å². The first-order valence-corrected chi connectivity index (χ1v) is 8.85. The fraction of sp³-hybridized carbons (Fsp3) is 0.211. The van der Waals surface area contributed by atoms with Crippen molar-refractivity contribution in [1.29, 1.82) is 0 Å². The topological polar surface area (TPSA) is 85.6 Å². The van der Waals surface area contributed by atoms with Crippen LogP contribution in [0.3, 0.4) is 0 Å². The van der Waals surface area contributed by atoms with Crippen LogP contribution in [-0.2, 0) is 4.74 Å². The maximum atomic E-state index is 12.6. The number of hydrogen-bond donors (Lipinski definition) is 1. The van der Waals surface area contributed by atoms with Gasteiger partial charge < -0.3 is 14.5 Å². The van der Waals surface area contributed by atoms with E-state index in [2.05, 4.69) is 5.32 Å². The van der Waals surface area contributed by atoms with Crippen LogP contribution < -0.4 is 10.9 Å². The number of amides is 1. The molecule has 0 saturated carbocycles. The summed E-state index contributed by atoms with van der Waals surface area (Å²) in [5, 5.41) is 4.05. The molecule has 3 aromatic rings. The molecule has 0 atom stereocenters. The third-order valence-corrected chi connectivity index (χ3v) is 5.11. The maximum absolute atomic E-state index is 12.6. The number of hydrogen-bond acceptors (Lipinski definition) is 6. The van der Waals surface area contributed by atoms with Gasteiger partial charge in [-0.05, 0) is 43.9 Å².